The molecule has 0 bridgehead atoms. The number of furan rings is 1. The lowest BCUT2D eigenvalue weighted by atomic mass is 10.2. The lowest BCUT2D eigenvalue weighted by Crippen LogP contribution is -1.76. The maximum Gasteiger partial charge on any atom is 0.135 e. The van der Waals surface area contributed by atoms with Crippen molar-refractivity contribution >= 4 is 11.6 Å². The third kappa shape index (κ3) is 1.73. The maximum atomic E-state index is 5.66. The molecule has 0 spiro atoms. The molecule has 2 nitrogen and oxygen atoms in total. The van der Waals surface area contributed by atoms with Crippen LogP contribution in [0, 0.1) is 6.92 Å². The summed E-state index contributed by atoms with van der Waals surface area (Å²) in [6.45, 7) is 1.91. The summed E-state index contributed by atoms with van der Waals surface area (Å²) in [6.07, 6.45) is 1.70. The Bertz CT molecular complexity index is 405. The first-order valence-electron chi connectivity index (χ1n) is 3.94. The molecule has 2 heterocycles. The zero-order valence-corrected chi connectivity index (χ0v) is 7.88. The molecule has 0 N–H and O–H groups in total. The highest BCUT2D eigenvalue weighted by molar-refractivity contribution is 6.29. The van der Waals surface area contributed by atoms with Gasteiger partial charge in [-0.05, 0) is 31.2 Å². The minimum atomic E-state index is 0.493. The smallest absolute Gasteiger partial charge is 0.135 e. The predicted octanol–water partition coefficient (Wildman–Crippen LogP) is 3.30. The fraction of sp³-hybridized carbons (Fsp3) is 0.100. The van der Waals surface area contributed by atoms with E-state index >= 15 is 0 Å². The van der Waals surface area contributed by atoms with E-state index in [4.69, 9.17) is 16.0 Å². The van der Waals surface area contributed by atoms with Crippen LogP contribution in [0.4, 0.5) is 0 Å². The molecule has 2 aromatic heterocycles. The first-order chi connectivity index (χ1) is 6.25. The van der Waals surface area contributed by atoms with E-state index in [2.05, 4.69) is 4.98 Å². The topological polar surface area (TPSA) is 26.0 Å². The van der Waals surface area contributed by atoms with Crippen LogP contribution in [0.25, 0.3) is 11.3 Å². The summed E-state index contributed by atoms with van der Waals surface area (Å²) >= 11 is 5.66. The molecule has 0 saturated heterocycles. The van der Waals surface area contributed by atoms with Crippen molar-refractivity contribution in [2.45, 2.75) is 6.92 Å². The van der Waals surface area contributed by atoms with Crippen LogP contribution in [0.15, 0.2) is 34.9 Å². The van der Waals surface area contributed by atoms with Gasteiger partial charge < -0.3 is 4.42 Å². The van der Waals surface area contributed by atoms with Crippen molar-refractivity contribution in [2.75, 3.05) is 0 Å². The van der Waals surface area contributed by atoms with Gasteiger partial charge >= 0.3 is 0 Å². The van der Waals surface area contributed by atoms with Gasteiger partial charge in [0.15, 0.2) is 0 Å². The SMILES string of the molecule is Cc1ccc(-c2ccc(Cl)nc2)o1. The lowest BCUT2D eigenvalue weighted by Gasteiger charge is -1.95. The van der Waals surface area contributed by atoms with Crippen LogP contribution < -0.4 is 0 Å². The van der Waals surface area contributed by atoms with E-state index in [0.717, 1.165) is 17.1 Å². The Balaban J connectivity index is 2.41. The number of halogens is 1. The number of hydrogen-bond acceptors (Lipinski definition) is 2. The first kappa shape index (κ1) is 8.32. The van der Waals surface area contributed by atoms with Gasteiger partial charge in [0.1, 0.15) is 16.7 Å². The number of rotatable bonds is 1. The Hall–Kier alpha value is -1.28. The highest BCUT2D eigenvalue weighted by Gasteiger charge is 2.01. The Labute approximate surface area is 81.2 Å². The maximum absolute atomic E-state index is 5.66. The van der Waals surface area contributed by atoms with E-state index < -0.39 is 0 Å². The van der Waals surface area contributed by atoms with Crippen LogP contribution in [0.1, 0.15) is 5.76 Å². The molecule has 0 amide bonds. The molecule has 0 radical (unpaired) electrons. The summed E-state index contributed by atoms with van der Waals surface area (Å²) in [7, 11) is 0. The molecule has 3 heteroatoms. The molecule has 0 aliphatic carbocycles. The second kappa shape index (κ2) is 3.23. The minimum absolute atomic E-state index is 0.493. The zero-order valence-electron chi connectivity index (χ0n) is 7.12. The van der Waals surface area contributed by atoms with Gasteiger partial charge in [-0.25, -0.2) is 4.98 Å². The molecule has 13 heavy (non-hydrogen) atoms. The van der Waals surface area contributed by atoms with Crippen molar-refractivity contribution in [3.63, 3.8) is 0 Å². The Kier molecular flexibility index (Phi) is 2.07. The summed E-state index contributed by atoms with van der Waals surface area (Å²) in [5.74, 6) is 1.71. The third-order valence-electron chi connectivity index (χ3n) is 1.75. The molecule has 2 rings (SSSR count). The average Bonchev–Trinajstić information content (AvgIpc) is 2.53. The van der Waals surface area contributed by atoms with E-state index in [1.165, 1.54) is 0 Å². The van der Waals surface area contributed by atoms with Crippen LogP contribution >= 0.6 is 11.6 Å². The average molecular weight is 194 g/mol. The van der Waals surface area contributed by atoms with Gasteiger partial charge in [0.2, 0.25) is 0 Å². The molecule has 0 unspecified atom stereocenters. The zero-order chi connectivity index (χ0) is 9.26. The van der Waals surface area contributed by atoms with Crippen molar-refractivity contribution in [3.05, 3.63) is 41.4 Å². The lowest BCUT2D eigenvalue weighted by molar-refractivity contribution is 0.548. The van der Waals surface area contributed by atoms with Crippen molar-refractivity contribution in [1.29, 1.82) is 0 Å². The number of nitrogens with zero attached hydrogens (tertiary/aromatic N) is 1. The predicted molar refractivity (Wildman–Crippen MR) is 51.7 cm³/mol. The number of aryl methyl sites for hydroxylation is 1. The second-order valence-corrected chi connectivity index (χ2v) is 3.17. The molecule has 0 atom stereocenters. The first-order valence-corrected chi connectivity index (χ1v) is 4.32. The molecule has 0 aromatic carbocycles. The Morgan fingerprint density at radius 2 is 2.08 bits per heavy atom. The van der Waals surface area contributed by atoms with E-state index in [1.54, 1.807) is 12.3 Å². The molecule has 66 valence electrons. The summed E-state index contributed by atoms with van der Waals surface area (Å²) in [4.78, 5) is 3.97. The largest absolute Gasteiger partial charge is 0.461 e. The molecule has 0 fully saturated rings. The van der Waals surface area contributed by atoms with E-state index in [9.17, 15) is 0 Å². The number of aromatic nitrogens is 1. The molecule has 0 aliphatic rings. The highest BCUT2D eigenvalue weighted by Crippen LogP contribution is 2.21. The van der Waals surface area contributed by atoms with E-state index in [-0.39, 0.29) is 0 Å². The summed E-state index contributed by atoms with van der Waals surface area (Å²) in [5.41, 5.74) is 0.942. The quantitative estimate of drug-likeness (QED) is 0.650. The van der Waals surface area contributed by atoms with Crippen molar-refractivity contribution < 1.29 is 4.42 Å². The van der Waals surface area contributed by atoms with Gasteiger partial charge in [0.25, 0.3) is 0 Å². The van der Waals surface area contributed by atoms with Crippen LogP contribution in [0.3, 0.4) is 0 Å². The standard InChI is InChI=1S/C10H8ClNO/c1-7-2-4-9(13-7)8-3-5-10(11)12-6-8/h2-6H,1H3. The molecular weight excluding hydrogens is 186 g/mol. The Morgan fingerprint density at radius 3 is 2.62 bits per heavy atom. The van der Waals surface area contributed by atoms with Gasteiger partial charge in [-0.15, -0.1) is 0 Å². The van der Waals surface area contributed by atoms with Gasteiger partial charge in [-0.3, -0.25) is 0 Å². The van der Waals surface area contributed by atoms with Gasteiger partial charge in [-0.1, -0.05) is 11.6 Å². The normalized spacial score (nSPS) is 10.3. The minimum Gasteiger partial charge on any atom is -0.461 e. The fourth-order valence-electron chi connectivity index (χ4n) is 1.11. The fourth-order valence-corrected chi connectivity index (χ4v) is 1.22. The summed E-state index contributed by atoms with van der Waals surface area (Å²) < 4.78 is 5.43. The highest BCUT2D eigenvalue weighted by atomic mass is 35.5. The van der Waals surface area contributed by atoms with E-state index in [1.807, 2.05) is 25.1 Å². The number of pyridine rings is 1. The van der Waals surface area contributed by atoms with Crippen LogP contribution in [0.5, 0.6) is 0 Å². The summed E-state index contributed by atoms with van der Waals surface area (Å²) in [5, 5.41) is 0.493. The summed E-state index contributed by atoms with van der Waals surface area (Å²) in [6, 6.07) is 7.46. The van der Waals surface area contributed by atoms with E-state index in [0.29, 0.717) is 5.15 Å². The molecule has 0 aliphatic heterocycles. The Morgan fingerprint density at radius 1 is 1.23 bits per heavy atom. The number of hydrogen-bond donors (Lipinski definition) is 0. The van der Waals surface area contributed by atoms with Crippen LogP contribution in [-0.4, -0.2) is 4.98 Å². The van der Waals surface area contributed by atoms with Crippen molar-refractivity contribution in [2.24, 2.45) is 0 Å². The third-order valence-corrected chi connectivity index (χ3v) is 1.98. The molecule has 2 aromatic rings. The van der Waals surface area contributed by atoms with Crippen LogP contribution in [0.2, 0.25) is 5.15 Å². The molecular formula is C10H8ClNO. The van der Waals surface area contributed by atoms with Gasteiger partial charge in [0, 0.05) is 11.8 Å². The molecule has 0 saturated carbocycles. The van der Waals surface area contributed by atoms with Crippen LogP contribution in [-0.2, 0) is 0 Å². The van der Waals surface area contributed by atoms with Gasteiger partial charge in [0.05, 0.1) is 0 Å². The van der Waals surface area contributed by atoms with Crippen molar-refractivity contribution in [3.8, 4) is 11.3 Å². The monoisotopic (exact) mass is 193 g/mol. The van der Waals surface area contributed by atoms with Gasteiger partial charge in [-0.2, -0.15) is 0 Å². The second-order valence-electron chi connectivity index (χ2n) is 2.78. The van der Waals surface area contributed by atoms with Crippen molar-refractivity contribution in [1.82, 2.24) is 4.98 Å².